The van der Waals surface area contributed by atoms with Crippen molar-refractivity contribution in [2.75, 3.05) is 26.8 Å². The normalized spacial score (nSPS) is 10.5. The summed E-state index contributed by atoms with van der Waals surface area (Å²) in [5, 5.41) is 5.92. The molecule has 2 aromatic carbocycles. The monoisotopic (exact) mass is 312 g/mol. The van der Waals surface area contributed by atoms with Gasteiger partial charge in [0.1, 0.15) is 0 Å². The Morgan fingerprint density at radius 2 is 1.87 bits per heavy atom. The van der Waals surface area contributed by atoms with Crippen LogP contribution in [0.25, 0.3) is 11.1 Å². The van der Waals surface area contributed by atoms with Crippen molar-refractivity contribution in [2.24, 2.45) is 0 Å². The van der Waals surface area contributed by atoms with Crippen LogP contribution in [0.5, 0.6) is 0 Å². The third-order valence-corrected chi connectivity index (χ3v) is 3.56. The predicted molar refractivity (Wildman–Crippen MR) is 93.2 cm³/mol. The maximum Gasteiger partial charge on any atom is 0.234 e. The maximum absolute atomic E-state index is 11.7. The Morgan fingerprint density at radius 3 is 2.57 bits per heavy atom. The van der Waals surface area contributed by atoms with E-state index in [9.17, 15) is 4.79 Å². The van der Waals surface area contributed by atoms with E-state index in [4.69, 9.17) is 4.74 Å². The fourth-order valence-electron chi connectivity index (χ4n) is 2.28. The van der Waals surface area contributed by atoms with Gasteiger partial charge in [0, 0.05) is 20.2 Å². The van der Waals surface area contributed by atoms with Crippen LogP contribution in [0, 0.1) is 6.92 Å². The molecular weight excluding hydrogens is 288 g/mol. The topological polar surface area (TPSA) is 50.4 Å². The van der Waals surface area contributed by atoms with E-state index in [1.165, 1.54) is 16.7 Å². The third-order valence-electron chi connectivity index (χ3n) is 3.56. The lowest BCUT2D eigenvalue weighted by molar-refractivity contribution is -0.120. The Labute approximate surface area is 137 Å². The van der Waals surface area contributed by atoms with Gasteiger partial charge in [-0.2, -0.15) is 0 Å². The van der Waals surface area contributed by atoms with Gasteiger partial charge < -0.3 is 15.4 Å². The number of amides is 1. The zero-order valence-corrected chi connectivity index (χ0v) is 13.8. The first-order chi connectivity index (χ1) is 11.2. The van der Waals surface area contributed by atoms with Gasteiger partial charge in [0.2, 0.25) is 5.91 Å². The largest absolute Gasteiger partial charge is 0.383 e. The molecule has 23 heavy (non-hydrogen) atoms. The number of benzene rings is 2. The maximum atomic E-state index is 11.7. The highest BCUT2D eigenvalue weighted by molar-refractivity contribution is 5.78. The Balaban J connectivity index is 1.82. The van der Waals surface area contributed by atoms with E-state index in [1.807, 2.05) is 0 Å². The van der Waals surface area contributed by atoms with Crippen molar-refractivity contribution in [3.63, 3.8) is 0 Å². The standard InChI is InChI=1S/C19H24N2O2/c1-15-4-3-5-18(12-15)17-8-6-16(7-9-17)13-21-19(22)14-20-10-11-23-2/h3-9,12,20H,10-11,13-14H2,1-2H3,(H,21,22). The second kappa shape index (κ2) is 9.08. The van der Waals surface area contributed by atoms with Crippen molar-refractivity contribution < 1.29 is 9.53 Å². The molecular formula is C19H24N2O2. The molecule has 0 heterocycles. The summed E-state index contributed by atoms with van der Waals surface area (Å²) in [7, 11) is 1.64. The molecule has 0 unspecified atom stereocenters. The molecule has 1 amide bonds. The SMILES string of the molecule is COCCNCC(=O)NCc1ccc(-c2cccc(C)c2)cc1. The van der Waals surface area contributed by atoms with E-state index in [-0.39, 0.29) is 5.91 Å². The molecule has 2 N–H and O–H groups in total. The van der Waals surface area contributed by atoms with Crippen molar-refractivity contribution >= 4 is 5.91 Å². The lowest BCUT2D eigenvalue weighted by Crippen LogP contribution is -2.34. The van der Waals surface area contributed by atoms with E-state index < -0.39 is 0 Å². The molecule has 0 fully saturated rings. The van der Waals surface area contributed by atoms with Gasteiger partial charge in [-0.3, -0.25) is 4.79 Å². The molecule has 0 atom stereocenters. The van der Waals surface area contributed by atoms with Crippen LogP contribution in [0.2, 0.25) is 0 Å². The summed E-state index contributed by atoms with van der Waals surface area (Å²) in [5.41, 5.74) is 4.74. The smallest absolute Gasteiger partial charge is 0.234 e. The average Bonchev–Trinajstić information content (AvgIpc) is 2.57. The molecule has 0 bridgehead atoms. The Morgan fingerprint density at radius 1 is 1.09 bits per heavy atom. The molecule has 0 aliphatic heterocycles. The summed E-state index contributed by atoms with van der Waals surface area (Å²) in [6, 6.07) is 16.7. The molecule has 2 aromatic rings. The zero-order valence-electron chi connectivity index (χ0n) is 13.8. The van der Waals surface area contributed by atoms with Crippen molar-refractivity contribution in [3.8, 4) is 11.1 Å². The van der Waals surface area contributed by atoms with Gasteiger partial charge in [0.25, 0.3) is 0 Å². The van der Waals surface area contributed by atoms with E-state index in [2.05, 4.69) is 66.1 Å². The minimum Gasteiger partial charge on any atom is -0.383 e. The van der Waals surface area contributed by atoms with Gasteiger partial charge in [0.05, 0.1) is 13.2 Å². The van der Waals surface area contributed by atoms with Crippen LogP contribution in [0.4, 0.5) is 0 Å². The van der Waals surface area contributed by atoms with Gasteiger partial charge in [-0.15, -0.1) is 0 Å². The number of aryl methyl sites for hydroxylation is 1. The van der Waals surface area contributed by atoms with Gasteiger partial charge in [0.15, 0.2) is 0 Å². The van der Waals surface area contributed by atoms with Gasteiger partial charge in [-0.25, -0.2) is 0 Å². The van der Waals surface area contributed by atoms with E-state index in [0.717, 1.165) is 5.56 Å². The highest BCUT2D eigenvalue weighted by Gasteiger charge is 2.02. The Hall–Kier alpha value is -2.17. The number of carbonyl (C=O) groups excluding carboxylic acids is 1. The zero-order chi connectivity index (χ0) is 16.5. The van der Waals surface area contributed by atoms with Crippen molar-refractivity contribution in [2.45, 2.75) is 13.5 Å². The van der Waals surface area contributed by atoms with E-state index in [1.54, 1.807) is 7.11 Å². The predicted octanol–water partition coefficient (Wildman–Crippen LogP) is 2.51. The Kier molecular flexibility index (Phi) is 6.78. The van der Waals surface area contributed by atoms with E-state index in [0.29, 0.717) is 26.2 Å². The fourth-order valence-corrected chi connectivity index (χ4v) is 2.28. The summed E-state index contributed by atoms with van der Waals surface area (Å²) < 4.78 is 4.91. The number of hydrogen-bond donors (Lipinski definition) is 2. The molecule has 0 aliphatic carbocycles. The summed E-state index contributed by atoms with van der Waals surface area (Å²) in [6.45, 7) is 4.22. The summed E-state index contributed by atoms with van der Waals surface area (Å²) in [5.74, 6) is -0.0103. The van der Waals surface area contributed by atoms with Crippen molar-refractivity contribution in [1.82, 2.24) is 10.6 Å². The number of rotatable bonds is 8. The van der Waals surface area contributed by atoms with Crippen LogP contribution in [0.15, 0.2) is 48.5 Å². The number of methoxy groups -OCH3 is 1. The van der Waals surface area contributed by atoms with Crippen LogP contribution in [-0.4, -0.2) is 32.7 Å². The van der Waals surface area contributed by atoms with Gasteiger partial charge in [-0.1, -0.05) is 54.1 Å². The van der Waals surface area contributed by atoms with E-state index >= 15 is 0 Å². The molecule has 122 valence electrons. The highest BCUT2D eigenvalue weighted by Crippen LogP contribution is 2.20. The first-order valence-corrected chi connectivity index (χ1v) is 7.81. The van der Waals surface area contributed by atoms with Crippen LogP contribution in [0.3, 0.4) is 0 Å². The van der Waals surface area contributed by atoms with Gasteiger partial charge >= 0.3 is 0 Å². The Bertz CT molecular complexity index is 624. The molecule has 0 aliphatic rings. The molecule has 4 nitrogen and oxygen atoms in total. The first-order valence-electron chi connectivity index (χ1n) is 7.81. The number of hydrogen-bond acceptors (Lipinski definition) is 3. The molecule has 0 spiro atoms. The van der Waals surface area contributed by atoms with Crippen LogP contribution < -0.4 is 10.6 Å². The molecule has 4 heteroatoms. The second-order valence-electron chi connectivity index (χ2n) is 5.51. The fraction of sp³-hybridized carbons (Fsp3) is 0.316. The van der Waals surface area contributed by atoms with Crippen molar-refractivity contribution in [1.29, 1.82) is 0 Å². The van der Waals surface area contributed by atoms with Crippen LogP contribution >= 0.6 is 0 Å². The summed E-state index contributed by atoms with van der Waals surface area (Å²) in [6.07, 6.45) is 0. The number of ether oxygens (including phenoxy) is 1. The summed E-state index contributed by atoms with van der Waals surface area (Å²) >= 11 is 0. The highest BCUT2D eigenvalue weighted by atomic mass is 16.5. The average molecular weight is 312 g/mol. The first kappa shape index (κ1) is 17.2. The second-order valence-corrected chi connectivity index (χ2v) is 5.51. The van der Waals surface area contributed by atoms with Crippen LogP contribution in [0.1, 0.15) is 11.1 Å². The number of carbonyl (C=O) groups is 1. The molecule has 0 radical (unpaired) electrons. The van der Waals surface area contributed by atoms with Crippen molar-refractivity contribution in [3.05, 3.63) is 59.7 Å². The van der Waals surface area contributed by atoms with Crippen LogP contribution in [-0.2, 0) is 16.1 Å². The lowest BCUT2D eigenvalue weighted by atomic mass is 10.0. The quantitative estimate of drug-likeness (QED) is 0.737. The molecule has 2 rings (SSSR count). The minimum atomic E-state index is -0.0103. The molecule has 0 saturated heterocycles. The third kappa shape index (κ3) is 5.85. The lowest BCUT2D eigenvalue weighted by Gasteiger charge is -2.08. The number of nitrogens with one attached hydrogen (secondary N) is 2. The molecule has 0 saturated carbocycles. The summed E-state index contributed by atoms with van der Waals surface area (Å²) in [4.78, 5) is 11.7. The molecule has 0 aromatic heterocycles. The van der Waals surface area contributed by atoms with Gasteiger partial charge in [-0.05, 0) is 23.6 Å². The minimum absolute atomic E-state index is 0.0103.